The molecule has 3 aromatic rings. The summed E-state index contributed by atoms with van der Waals surface area (Å²) in [7, 11) is 0. The number of carbonyl (C=O) groups is 1. The second-order valence-electron chi connectivity index (χ2n) is 5.47. The minimum Gasteiger partial charge on any atom is -0.462 e. The molecule has 142 valence electrons. The summed E-state index contributed by atoms with van der Waals surface area (Å²) in [5, 5.41) is 14.8. The number of hydrogen-bond donors (Lipinski definition) is 1. The average molecular weight is 396 g/mol. The Balaban J connectivity index is 1.92. The second-order valence-corrected chi connectivity index (χ2v) is 6.54. The number of anilines is 2. The van der Waals surface area contributed by atoms with Crippen LogP contribution in [0.3, 0.4) is 0 Å². The molecule has 0 spiro atoms. The predicted molar refractivity (Wildman–Crippen MR) is 105 cm³/mol. The van der Waals surface area contributed by atoms with Crippen LogP contribution < -0.4 is 5.32 Å². The summed E-state index contributed by atoms with van der Waals surface area (Å²) in [5.74, 6) is -0.428. The smallest absolute Gasteiger partial charge is 0.343 e. The van der Waals surface area contributed by atoms with Gasteiger partial charge in [0.1, 0.15) is 6.33 Å². The van der Waals surface area contributed by atoms with Gasteiger partial charge in [-0.05, 0) is 37.3 Å². The van der Waals surface area contributed by atoms with Gasteiger partial charge in [-0.15, -0.1) is 0 Å². The Morgan fingerprint density at radius 2 is 1.96 bits per heavy atom. The first-order chi connectivity index (χ1) is 13.6. The summed E-state index contributed by atoms with van der Waals surface area (Å²) in [5.41, 5.74) is 0.573. The molecule has 0 saturated carbocycles. The molecule has 0 radical (unpaired) electrons. The van der Waals surface area contributed by atoms with Crippen molar-refractivity contribution in [3.05, 3.63) is 76.6 Å². The van der Waals surface area contributed by atoms with E-state index >= 15 is 0 Å². The van der Waals surface area contributed by atoms with Gasteiger partial charge in [0.25, 0.3) is 0 Å². The molecule has 1 heterocycles. The summed E-state index contributed by atoms with van der Waals surface area (Å²) in [6.45, 7) is 1.98. The van der Waals surface area contributed by atoms with E-state index in [0.717, 1.165) is 4.90 Å². The number of benzene rings is 2. The summed E-state index contributed by atoms with van der Waals surface area (Å²) in [6, 6.07) is 15.7. The van der Waals surface area contributed by atoms with E-state index in [1.165, 1.54) is 18.1 Å². The quantitative estimate of drug-likeness (QED) is 0.270. The Hall–Kier alpha value is -3.46. The van der Waals surface area contributed by atoms with E-state index in [1.807, 2.05) is 30.3 Å². The largest absolute Gasteiger partial charge is 0.462 e. The molecule has 2 aromatic carbocycles. The van der Waals surface area contributed by atoms with Crippen LogP contribution in [0.15, 0.2) is 70.8 Å². The SMILES string of the molecule is CCOC(=O)c1cccc(Nc2ncnc(Sc3ccccc3)c2[N+](=O)[O-])c1. The van der Waals surface area contributed by atoms with Gasteiger partial charge in [-0.2, -0.15) is 0 Å². The van der Waals surface area contributed by atoms with Gasteiger partial charge in [0.2, 0.25) is 5.82 Å². The first-order valence-electron chi connectivity index (χ1n) is 8.35. The lowest BCUT2D eigenvalue weighted by Gasteiger charge is -2.09. The predicted octanol–water partition coefficient (Wildman–Crippen LogP) is 4.46. The van der Waals surface area contributed by atoms with Crippen LogP contribution in [0.4, 0.5) is 17.2 Å². The Bertz CT molecular complexity index is 998. The molecule has 0 aliphatic heterocycles. The molecule has 28 heavy (non-hydrogen) atoms. The van der Waals surface area contributed by atoms with Crippen molar-refractivity contribution in [3.63, 3.8) is 0 Å². The molecule has 1 N–H and O–H groups in total. The van der Waals surface area contributed by atoms with E-state index in [1.54, 1.807) is 31.2 Å². The number of nitro groups is 1. The molecule has 0 amide bonds. The Kier molecular flexibility index (Phi) is 6.18. The van der Waals surface area contributed by atoms with Gasteiger partial charge >= 0.3 is 11.7 Å². The van der Waals surface area contributed by atoms with Crippen LogP contribution in [-0.2, 0) is 4.74 Å². The van der Waals surface area contributed by atoms with Crippen molar-refractivity contribution >= 4 is 34.9 Å². The number of rotatable bonds is 7. The molecule has 0 saturated heterocycles. The van der Waals surface area contributed by atoms with Gasteiger partial charge in [-0.1, -0.05) is 36.0 Å². The van der Waals surface area contributed by atoms with Crippen molar-refractivity contribution < 1.29 is 14.5 Å². The third-order valence-corrected chi connectivity index (χ3v) is 4.57. The molecular weight excluding hydrogens is 380 g/mol. The van der Waals surface area contributed by atoms with Crippen LogP contribution in [0.1, 0.15) is 17.3 Å². The van der Waals surface area contributed by atoms with Crippen molar-refractivity contribution in [1.82, 2.24) is 9.97 Å². The second kappa shape index (κ2) is 8.96. The zero-order valence-electron chi connectivity index (χ0n) is 14.9. The zero-order valence-corrected chi connectivity index (χ0v) is 15.7. The molecule has 3 rings (SSSR count). The molecular formula is C19H16N4O4S. The van der Waals surface area contributed by atoms with Gasteiger partial charge in [-0.3, -0.25) is 10.1 Å². The van der Waals surface area contributed by atoms with E-state index < -0.39 is 10.9 Å². The van der Waals surface area contributed by atoms with Crippen molar-refractivity contribution in [2.45, 2.75) is 16.8 Å². The number of nitrogens with zero attached hydrogens (tertiary/aromatic N) is 3. The maximum atomic E-state index is 11.9. The number of hydrogen-bond acceptors (Lipinski definition) is 8. The molecule has 8 nitrogen and oxygen atoms in total. The third kappa shape index (κ3) is 4.63. The zero-order chi connectivity index (χ0) is 19.9. The highest BCUT2D eigenvalue weighted by molar-refractivity contribution is 7.99. The first-order valence-corrected chi connectivity index (χ1v) is 9.16. The van der Waals surface area contributed by atoms with Gasteiger partial charge in [0.05, 0.1) is 17.1 Å². The van der Waals surface area contributed by atoms with Gasteiger partial charge < -0.3 is 10.1 Å². The molecule has 1 aromatic heterocycles. The monoisotopic (exact) mass is 396 g/mol. The Morgan fingerprint density at radius 3 is 2.68 bits per heavy atom. The van der Waals surface area contributed by atoms with Gasteiger partial charge in [0, 0.05) is 10.6 Å². The topological polar surface area (TPSA) is 107 Å². The Morgan fingerprint density at radius 1 is 1.18 bits per heavy atom. The fourth-order valence-electron chi connectivity index (χ4n) is 2.37. The van der Waals surface area contributed by atoms with Gasteiger partial charge in [0.15, 0.2) is 5.03 Å². The maximum Gasteiger partial charge on any atom is 0.343 e. The normalized spacial score (nSPS) is 10.3. The summed E-state index contributed by atoms with van der Waals surface area (Å²) in [4.78, 5) is 31.9. The van der Waals surface area contributed by atoms with E-state index in [4.69, 9.17) is 4.74 Å². The van der Waals surface area contributed by atoms with Crippen LogP contribution in [-0.4, -0.2) is 27.5 Å². The number of ether oxygens (including phenoxy) is 1. The number of carbonyl (C=O) groups excluding carboxylic acids is 1. The number of aromatic nitrogens is 2. The van der Waals surface area contributed by atoms with E-state index in [2.05, 4.69) is 15.3 Å². The molecule has 0 bridgehead atoms. The van der Waals surface area contributed by atoms with Crippen LogP contribution in [0, 0.1) is 10.1 Å². The fourth-order valence-corrected chi connectivity index (χ4v) is 3.25. The van der Waals surface area contributed by atoms with Crippen molar-refractivity contribution in [2.24, 2.45) is 0 Å². The molecule has 0 aliphatic rings. The summed E-state index contributed by atoms with van der Waals surface area (Å²) in [6.07, 6.45) is 1.26. The minimum atomic E-state index is -0.525. The van der Waals surface area contributed by atoms with Crippen LogP contribution in [0.2, 0.25) is 0 Å². The number of nitrogens with one attached hydrogen (secondary N) is 1. The highest BCUT2D eigenvalue weighted by Crippen LogP contribution is 2.37. The van der Waals surface area contributed by atoms with Gasteiger partial charge in [-0.25, -0.2) is 14.8 Å². The maximum absolute atomic E-state index is 11.9. The van der Waals surface area contributed by atoms with Crippen LogP contribution in [0.5, 0.6) is 0 Å². The van der Waals surface area contributed by atoms with E-state index in [9.17, 15) is 14.9 Å². The molecule has 0 unspecified atom stereocenters. The lowest BCUT2D eigenvalue weighted by molar-refractivity contribution is -0.387. The lowest BCUT2D eigenvalue weighted by Crippen LogP contribution is -2.06. The minimum absolute atomic E-state index is 0.0411. The van der Waals surface area contributed by atoms with Crippen LogP contribution in [0.25, 0.3) is 0 Å². The molecule has 0 aliphatic carbocycles. The van der Waals surface area contributed by atoms with Crippen LogP contribution >= 0.6 is 11.8 Å². The molecule has 9 heteroatoms. The first kappa shape index (κ1) is 19.3. The highest BCUT2D eigenvalue weighted by atomic mass is 32.2. The molecule has 0 atom stereocenters. The van der Waals surface area contributed by atoms with E-state index in [0.29, 0.717) is 11.3 Å². The Labute approximate surface area is 165 Å². The van der Waals surface area contributed by atoms with E-state index in [-0.39, 0.29) is 23.1 Å². The third-order valence-electron chi connectivity index (χ3n) is 3.57. The van der Waals surface area contributed by atoms with Crippen molar-refractivity contribution in [3.8, 4) is 0 Å². The van der Waals surface area contributed by atoms with Crippen molar-refractivity contribution in [2.75, 3.05) is 11.9 Å². The number of esters is 1. The molecule has 0 fully saturated rings. The standard InChI is InChI=1S/C19H16N4O4S/c1-2-27-19(24)13-7-6-8-14(11-13)22-17-16(23(25)26)18(21-12-20-17)28-15-9-4-3-5-10-15/h3-12H,2H2,1H3,(H,20,21,22). The fraction of sp³-hybridized carbons (Fsp3) is 0.105. The average Bonchev–Trinajstić information content (AvgIpc) is 2.69. The summed E-state index contributed by atoms with van der Waals surface area (Å²) >= 11 is 1.18. The lowest BCUT2D eigenvalue weighted by atomic mass is 10.2. The van der Waals surface area contributed by atoms with Crippen molar-refractivity contribution in [1.29, 1.82) is 0 Å². The summed E-state index contributed by atoms with van der Waals surface area (Å²) < 4.78 is 4.98. The highest BCUT2D eigenvalue weighted by Gasteiger charge is 2.24.